The molecule has 0 bridgehead atoms. The van der Waals surface area contributed by atoms with Crippen LogP contribution in [0.4, 0.5) is 10.1 Å². The average Bonchev–Trinajstić information content (AvgIpc) is 2.68. The Balaban J connectivity index is 1.61. The molecule has 2 aromatic carbocycles. The number of ether oxygens (including phenoxy) is 2. The van der Waals surface area contributed by atoms with Crippen LogP contribution >= 0.6 is 0 Å². The lowest BCUT2D eigenvalue weighted by molar-refractivity contribution is -0.118. The number of anilines is 1. The molecule has 136 valence electrons. The monoisotopic (exact) mass is 358 g/mol. The third-order valence-corrected chi connectivity index (χ3v) is 3.90. The van der Waals surface area contributed by atoms with Gasteiger partial charge in [0.05, 0.1) is 18.8 Å². The smallest absolute Gasteiger partial charge is 0.262 e. The van der Waals surface area contributed by atoms with Gasteiger partial charge in [-0.2, -0.15) is 0 Å². The van der Waals surface area contributed by atoms with E-state index in [-0.39, 0.29) is 18.3 Å². The van der Waals surface area contributed by atoms with Crippen molar-refractivity contribution in [1.82, 2.24) is 4.90 Å². The zero-order valence-electron chi connectivity index (χ0n) is 14.1. The van der Waals surface area contributed by atoms with Crippen LogP contribution in [0.3, 0.4) is 0 Å². The summed E-state index contributed by atoms with van der Waals surface area (Å²) in [7, 11) is 0. The fourth-order valence-corrected chi connectivity index (χ4v) is 2.58. The summed E-state index contributed by atoms with van der Waals surface area (Å²) in [5, 5.41) is 2.61. The highest BCUT2D eigenvalue weighted by Crippen LogP contribution is 2.20. The molecule has 26 heavy (non-hydrogen) atoms. The lowest BCUT2D eigenvalue weighted by Gasteiger charge is -2.27. The molecule has 0 radical (unpaired) electrons. The second kappa shape index (κ2) is 8.44. The lowest BCUT2D eigenvalue weighted by atomic mass is 10.1. The van der Waals surface area contributed by atoms with E-state index in [2.05, 4.69) is 5.32 Å². The first-order chi connectivity index (χ1) is 12.6. The van der Waals surface area contributed by atoms with Crippen molar-refractivity contribution < 1.29 is 23.5 Å². The fourth-order valence-electron chi connectivity index (χ4n) is 2.58. The van der Waals surface area contributed by atoms with E-state index in [0.717, 1.165) is 0 Å². The first kappa shape index (κ1) is 17.9. The summed E-state index contributed by atoms with van der Waals surface area (Å²) >= 11 is 0. The molecule has 0 spiro atoms. The molecule has 0 saturated carbocycles. The number of benzene rings is 2. The Labute approximate surface area is 150 Å². The zero-order chi connectivity index (χ0) is 18.4. The fraction of sp³-hybridized carbons (Fsp3) is 0.263. The number of morpholine rings is 1. The van der Waals surface area contributed by atoms with Crippen molar-refractivity contribution in [1.29, 1.82) is 0 Å². The highest BCUT2D eigenvalue weighted by atomic mass is 19.1. The van der Waals surface area contributed by atoms with Gasteiger partial charge in [-0.25, -0.2) is 4.39 Å². The zero-order valence-corrected chi connectivity index (χ0v) is 14.1. The van der Waals surface area contributed by atoms with Crippen LogP contribution in [-0.4, -0.2) is 49.6 Å². The van der Waals surface area contributed by atoms with E-state index in [9.17, 15) is 14.0 Å². The van der Waals surface area contributed by atoms with Crippen LogP contribution in [0.25, 0.3) is 0 Å². The SMILES string of the molecule is O=C(COc1ccccc1C(=O)N1CCOCC1)Nc1ccc(F)cc1. The maximum Gasteiger partial charge on any atom is 0.262 e. The van der Waals surface area contributed by atoms with Gasteiger partial charge >= 0.3 is 0 Å². The summed E-state index contributed by atoms with van der Waals surface area (Å²) < 4.78 is 23.7. The summed E-state index contributed by atoms with van der Waals surface area (Å²) in [5.41, 5.74) is 0.877. The Morgan fingerprint density at radius 3 is 2.50 bits per heavy atom. The standard InChI is InChI=1S/C19H19FN2O4/c20-14-5-7-15(8-6-14)21-18(23)13-26-17-4-2-1-3-16(17)19(24)22-9-11-25-12-10-22/h1-8H,9-13H2,(H,21,23). The van der Waals surface area contributed by atoms with Gasteiger partial charge in [0.1, 0.15) is 11.6 Å². The van der Waals surface area contributed by atoms with Crippen LogP contribution in [0.1, 0.15) is 10.4 Å². The van der Waals surface area contributed by atoms with Crippen molar-refractivity contribution in [3.63, 3.8) is 0 Å². The van der Waals surface area contributed by atoms with Gasteiger partial charge in [-0.1, -0.05) is 12.1 Å². The minimum atomic E-state index is -0.398. The van der Waals surface area contributed by atoms with E-state index in [0.29, 0.717) is 43.3 Å². The number of hydrogen-bond acceptors (Lipinski definition) is 4. The summed E-state index contributed by atoms with van der Waals surface area (Å²) in [4.78, 5) is 26.4. The number of rotatable bonds is 5. The van der Waals surface area contributed by atoms with Crippen molar-refractivity contribution in [2.24, 2.45) is 0 Å². The van der Waals surface area contributed by atoms with Gasteiger partial charge in [-0.15, -0.1) is 0 Å². The van der Waals surface area contributed by atoms with Crippen molar-refractivity contribution in [2.45, 2.75) is 0 Å². The molecular formula is C19H19FN2O4. The van der Waals surface area contributed by atoms with Crippen molar-refractivity contribution in [3.05, 3.63) is 59.9 Å². The van der Waals surface area contributed by atoms with Crippen LogP contribution < -0.4 is 10.1 Å². The highest BCUT2D eigenvalue weighted by Gasteiger charge is 2.21. The van der Waals surface area contributed by atoms with E-state index < -0.39 is 5.91 Å². The number of amides is 2. The number of carbonyl (C=O) groups is 2. The Bertz CT molecular complexity index is 773. The van der Waals surface area contributed by atoms with Crippen LogP contribution in [0, 0.1) is 5.82 Å². The van der Waals surface area contributed by atoms with Gasteiger partial charge in [0.2, 0.25) is 0 Å². The van der Waals surface area contributed by atoms with E-state index in [1.54, 1.807) is 29.2 Å². The molecule has 0 unspecified atom stereocenters. The molecule has 3 rings (SSSR count). The van der Waals surface area contributed by atoms with Gasteiger partial charge in [-0.05, 0) is 36.4 Å². The average molecular weight is 358 g/mol. The quantitative estimate of drug-likeness (QED) is 0.891. The molecule has 6 nitrogen and oxygen atoms in total. The third kappa shape index (κ3) is 4.58. The van der Waals surface area contributed by atoms with Crippen molar-refractivity contribution >= 4 is 17.5 Å². The van der Waals surface area contributed by atoms with Crippen LogP contribution in [-0.2, 0) is 9.53 Å². The van der Waals surface area contributed by atoms with Crippen LogP contribution in [0.5, 0.6) is 5.75 Å². The van der Waals surface area contributed by atoms with E-state index >= 15 is 0 Å². The summed E-state index contributed by atoms with van der Waals surface area (Å²) in [6, 6.07) is 12.2. The number of nitrogens with one attached hydrogen (secondary N) is 1. The Kier molecular flexibility index (Phi) is 5.80. The Hall–Kier alpha value is -2.93. The summed E-state index contributed by atoms with van der Waals surface area (Å²) in [6.07, 6.45) is 0. The molecule has 1 heterocycles. The molecule has 7 heteroatoms. The molecule has 1 N–H and O–H groups in total. The molecule has 1 fully saturated rings. The molecule has 2 aromatic rings. The maximum atomic E-state index is 12.9. The van der Waals surface area contributed by atoms with E-state index in [4.69, 9.17) is 9.47 Å². The minimum Gasteiger partial charge on any atom is -0.483 e. The molecule has 2 amide bonds. The van der Waals surface area contributed by atoms with Crippen LogP contribution in [0.15, 0.2) is 48.5 Å². The van der Waals surface area contributed by atoms with Crippen molar-refractivity contribution in [3.8, 4) is 5.75 Å². The first-order valence-electron chi connectivity index (χ1n) is 8.28. The van der Waals surface area contributed by atoms with Gasteiger partial charge in [0, 0.05) is 18.8 Å². The van der Waals surface area contributed by atoms with E-state index in [1.165, 1.54) is 24.3 Å². The topological polar surface area (TPSA) is 67.9 Å². The molecule has 0 atom stereocenters. The number of carbonyl (C=O) groups excluding carboxylic acids is 2. The number of hydrogen-bond donors (Lipinski definition) is 1. The van der Waals surface area contributed by atoms with Gasteiger partial charge in [-0.3, -0.25) is 9.59 Å². The van der Waals surface area contributed by atoms with Gasteiger partial charge in [0.15, 0.2) is 6.61 Å². The van der Waals surface area contributed by atoms with Crippen LogP contribution in [0.2, 0.25) is 0 Å². The van der Waals surface area contributed by atoms with Crippen molar-refractivity contribution in [2.75, 3.05) is 38.2 Å². The molecule has 1 aliphatic heterocycles. The number of halogens is 1. The van der Waals surface area contributed by atoms with Gasteiger partial charge < -0.3 is 19.7 Å². The largest absolute Gasteiger partial charge is 0.483 e. The number of nitrogens with zero attached hydrogens (tertiary/aromatic N) is 1. The first-order valence-corrected chi connectivity index (χ1v) is 8.28. The third-order valence-electron chi connectivity index (χ3n) is 3.90. The highest BCUT2D eigenvalue weighted by molar-refractivity contribution is 5.97. The molecule has 1 saturated heterocycles. The summed E-state index contributed by atoms with van der Waals surface area (Å²) in [6.45, 7) is 1.81. The Morgan fingerprint density at radius 2 is 1.77 bits per heavy atom. The lowest BCUT2D eigenvalue weighted by Crippen LogP contribution is -2.40. The molecular weight excluding hydrogens is 339 g/mol. The van der Waals surface area contributed by atoms with Gasteiger partial charge in [0.25, 0.3) is 11.8 Å². The Morgan fingerprint density at radius 1 is 1.08 bits per heavy atom. The predicted molar refractivity (Wildman–Crippen MR) is 93.7 cm³/mol. The second-order valence-electron chi connectivity index (χ2n) is 5.74. The predicted octanol–water partition coefficient (Wildman–Crippen LogP) is 2.32. The maximum absolute atomic E-state index is 12.9. The molecule has 1 aliphatic rings. The molecule has 0 aromatic heterocycles. The number of para-hydroxylation sites is 1. The minimum absolute atomic E-state index is 0.150. The molecule has 0 aliphatic carbocycles. The summed E-state index contributed by atoms with van der Waals surface area (Å²) in [5.74, 6) is -0.582. The van der Waals surface area contributed by atoms with E-state index in [1.807, 2.05) is 0 Å². The second-order valence-corrected chi connectivity index (χ2v) is 5.74. The normalized spacial score (nSPS) is 14.0.